The summed E-state index contributed by atoms with van der Waals surface area (Å²) in [6, 6.07) is 3.41. The highest BCUT2D eigenvalue weighted by atomic mass is 19.2. The normalized spacial score (nSPS) is 12.5. The summed E-state index contributed by atoms with van der Waals surface area (Å²) in [4.78, 5) is 1.97. The average Bonchev–Trinajstić information content (AvgIpc) is 2.76. The van der Waals surface area contributed by atoms with Crippen molar-refractivity contribution < 1.29 is 13.9 Å². The zero-order chi connectivity index (χ0) is 17.1. The number of hydrogen-bond donors (Lipinski definition) is 2. The van der Waals surface area contributed by atoms with Crippen LogP contribution in [0.1, 0.15) is 22.9 Å². The van der Waals surface area contributed by atoms with Crippen molar-refractivity contribution >= 4 is 5.82 Å². The van der Waals surface area contributed by atoms with E-state index in [-0.39, 0.29) is 6.54 Å². The van der Waals surface area contributed by atoms with E-state index < -0.39 is 17.7 Å². The molecule has 0 spiro atoms. The van der Waals surface area contributed by atoms with E-state index in [2.05, 4.69) is 10.4 Å². The van der Waals surface area contributed by atoms with Crippen molar-refractivity contribution in [3.63, 3.8) is 0 Å². The molecule has 0 bridgehead atoms. The number of aromatic nitrogens is 2. The zero-order valence-corrected chi connectivity index (χ0v) is 13.8. The Morgan fingerprint density at radius 1 is 1.30 bits per heavy atom. The molecule has 0 fully saturated rings. The predicted molar refractivity (Wildman–Crippen MR) is 85.3 cm³/mol. The van der Waals surface area contributed by atoms with Crippen molar-refractivity contribution in [2.45, 2.75) is 19.6 Å². The lowest BCUT2D eigenvalue weighted by molar-refractivity contribution is 0.173. The van der Waals surface area contributed by atoms with E-state index in [1.807, 2.05) is 33.0 Å². The molecule has 1 atom stereocenters. The number of aliphatic hydroxyl groups excluding tert-OH is 1. The topological polar surface area (TPSA) is 53.3 Å². The second-order valence-corrected chi connectivity index (χ2v) is 5.73. The monoisotopic (exact) mass is 324 g/mol. The second kappa shape index (κ2) is 7.06. The summed E-state index contributed by atoms with van der Waals surface area (Å²) in [6.07, 6.45) is -0.912. The molecule has 5 nitrogen and oxygen atoms in total. The van der Waals surface area contributed by atoms with Crippen molar-refractivity contribution in [1.82, 2.24) is 15.1 Å². The van der Waals surface area contributed by atoms with Crippen molar-refractivity contribution in [3.05, 3.63) is 46.7 Å². The Balaban J connectivity index is 2.01. The summed E-state index contributed by atoms with van der Waals surface area (Å²) in [6.45, 7) is 2.68. The smallest absolute Gasteiger partial charge is 0.159 e. The molecular formula is C16H22F2N4O. The van der Waals surface area contributed by atoms with Crippen LogP contribution >= 0.6 is 0 Å². The molecule has 0 amide bonds. The fourth-order valence-corrected chi connectivity index (χ4v) is 2.63. The van der Waals surface area contributed by atoms with Crippen LogP contribution in [0.5, 0.6) is 0 Å². The molecule has 2 rings (SSSR count). The Morgan fingerprint density at radius 3 is 2.61 bits per heavy atom. The van der Waals surface area contributed by atoms with E-state index in [1.54, 1.807) is 4.68 Å². The molecule has 1 aromatic carbocycles. The van der Waals surface area contributed by atoms with E-state index in [0.717, 1.165) is 29.2 Å². The second-order valence-electron chi connectivity index (χ2n) is 5.73. The first-order chi connectivity index (χ1) is 10.8. The summed E-state index contributed by atoms with van der Waals surface area (Å²) in [5.74, 6) is -0.896. The number of rotatable bonds is 6. The van der Waals surface area contributed by atoms with Gasteiger partial charge < -0.3 is 15.3 Å². The number of nitrogens with one attached hydrogen (secondary N) is 1. The van der Waals surface area contributed by atoms with Crippen molar-refractivity contribution in [2.24, 2.45) is 7.05 Å². The van der Waals surface area contributed by atoms with Crippen molar-refractivity contribution in [1.29, 1.82) is 0 Å². The molecule has 23 heavy (non-hydrogen) atoms. The van der Waals surface area contributed by atoms with Gasteiger partial charge in [0.05, 0.1) is 11.8 Å². The van der Waals surface area contributed by atoms with Gasteiger partial charge in [0.25, 0.3) is 0 Å². The minimum absolute atomic E-state index is 0.228. The van der Waals surface area contributed by atoms with E-state index in [4.69, 9.17) is 0 Å². The third kappa shape index (κ3) is 3.86. The highest BCUT2D eigenvalue weighted by Crippen LogP contribution is 2.21. The first kappa shape index (κ1) is 17.4. The first-order valence-corrected chi connectivity index (χ1v) is 7.34. The molecule has 7 heteroatoms. The minimum atomic E-state index is -0.959. The first-order valence-electron chi connectivity index (χ1n) is 7.34. The number of hydrogen-bond acceptors (Lipinski definition) is 4. The molecule has 0 unspecified atom stereocenters. The molecule has 2 N–H and O–H groups in total. The molecule has 0 saturated carbocycles. The van der Waals surface area contributed by atoms with Crippen LogP contribution in [-0.4, -0.2) is 35.5 Å². The number of aryl methyl sites for hydroxylation is 2. The van der Waals surface area contributed by atoms with Gasteiger partial charge >= 0.3 is 0 Å². The fraction of sp³-hybridized carbons (Fsp3) is 0.438. The molecule has 0 saturated heterocycles. The number of benzene rings is 1. The molecule has 0 radical (unpaired) electrons. The zero-order valence-electron chi connectivity index (χ0n) is 13.8. The van der Waals surface area contributed by atoms with Gasteiger partial charge in [-0.3, -0.25) is 4.68 Å². The van der Waals surface area contributed by atoms with Crippen LogP contribution in [-0.2, 0) is 13.6 Å². The Kier molecular flexibility index (Phi) is 5.33. The SMILES string of the molecule is Cc1nn(C)c(N(C)C)c1CNC[C@H](O)c1ccc(F)c(F)c1. The summed E-state index contributed by atoms with van der Waals surface area (Å²) in [5, 5.41) is 17.6. The van der Waals surface area contributed by atoms with Gasteiger partial charge in [0.2, 0.25) is 0 Å². The highest BCUT2D eigenvalue weighted by Gasteiger charge is 2.16. The van der Waals surface area contributed by atoms with Gasteiger partial charge in [0.15, 0.2) is 11.6 Å². The molecule has 0 aliphatic carbocycles. The summed E-state index contributed by atoms with van der Waals surface area (Å²) >= 11 is 0. The van der Waals surface area contributed by atoms with Crippen LogP contribution in [0.25, 0.3) is 0 Å². The van der Waals surface area contributed by atoms with Gasteiger partial charge in [-0.15, -0.1) is 0 Å². The maximum Gasteiger partial charge on any atom is 0.159 e. The van der Waals surface area contributed by atoms with Crippen LogP contribution in [0.3, 0.4) is 0 Å². The largest absolute Gasteiger partial charge is 0.387 e. The maximum absolute atomic E-state index is 13.2. The van der Waals surface area contributed by atoms with Crippen LogP contribution in [0.15, 0.2) is 18.2 Å². The lowest BCUT2D eigenvalue weighted by Crippen LogP contribution is -2.23. The van der Waals surface area contributed by atoms with Gasteiger partial charge in [-0.25, -0.2) is 8.78 Å². The Bertz CT molecular complexity index is 685. The standard InChI is InChI=1S/C16H22F2N4O/c1-10-12(16(21(2)3)22(4)20-10)8-19-9-15(23)11-5-6-13(17)14(18)7-11/h5-7,15,19,23H,8-9H2,1-4H3/t15-/m0/s1. The molecule has 126 valence electrons. The highest BCUT2D eigenvalue weighted by molar-refractivity contribution is 5.48. The Morgan fingerprint density at radius 2 is 2.00 bits per heavy atom. The minimum Gasteiger partial charge on any atom is -0.387 e. The third-order valence-electron chi connectivity index (χ3n) is 3.70. The molecule has 1 heterocycles. The summed E-state index contributed by atoms with van der Waals surface area (Å²) < 4.78 is 27.9. The molecule has 0 aliphatic heterocycles. The summed E-state index contributed by atoms with van der Waals surface area (Å²) in [7, 11) is 5.76. The average molecular weight is 324 g/mol. The van der Waals surface area contributed by atoms with E-state index in [1.165, 1.54) is 6.07 Å². The molecule has 0 aliphatic rings. The van der Waals surface area contributed by atoms with E-state index >= 15 is 0 Å². The summed E-state index contributed by atoms with van der Waals surface area (Å²) in [5.41, 5.74) is 2.29. The third-order valence-corrected chi connectivity index (χ3v) is 3.70. The van der Waals surface area contributed by atoms with Crippen LogP contribution in [0.2, 0.25) is 0 Å². The quantitative estimate of drug-likeness (QED) is 0.852. The fourth-order valence-electron chi connectivity index (χ4n) is 2.63. The predicted octanol–water partition coefficient (Wildman–Crippen LogP) is 1.90. The maximum atomic E-state index is 13.2. The van der Waals surface area contributed by atoms with Gasteiger partial charge in [-0.2, -0.15) is 5.10 Å². The van der Waals surface area contributed by atoms with Crippen LogP contribution in [0, 0.1) is 18.6 Å². The van der Waals surface area contributed by atoms with Crippen LogP contribution < -0.4 is 10.2 Å². The lowest BCUT2D eigenvalue weighted by atomic mass is 10.1. The number of aliphatic hydroxyl groups is 1. The lowest BCUT2D eigenvalue weighted by Gasteiger charge is -2.17. The molecule has 1 aromatic heterocycles. The Hall–Kier alpha value is -1.99. The number of anilines is 1. The number of halogens is 2. The van der Waals surface area contributed by atoms with Gasteiger partial charge in [0.1, 0.15) is 5.82 Å². The van der Waals surface area contributed by atoms with E-state index in [9.17, 15) is 13.9 Å². The van der Waals surface area contributed by atoms with Gasteiger partial charge in [-0.05, 0) is 24.6 Å². The van der Waals surface area contributed by atoms with Crippen molar-refractivity contribution in [2.75, 3.05) is 25.5 Å². The van der Waals surface area contributed by atoms with Gasteiger partial charge in [0, 0.05) is 39.8 Å². The molecular weight excluding hydrogens is 302 g/mol. The van der Waals surface area contributed by atoms with E-state index in [0.29, 0.717) is 12.1 Å². The number of nitrogens with zero attached hydrogens (tertiary/aromatic N) is 3. The van der Waals surface area contributed by atoms with Crippen molar-refractivity contribution in [3.8, 4) is 0 Å². The van der Waals surface area contributed by atoms with Crippen LogP contribution in [0.4, 0.5) is 14.6 Å². The molecule has 2 aromatic rings. The Labute approximate surface area is 134 Å². The van der Waals surface area contributed by atoms with Gasteiger partial charge in [-0.1, -0.05) is 6.07 Å².